The fourth-order valence-corrected chi connectivity index (χ4v) is 2.48. The van der Waals surface area contributed by atoms with Crippen molar-refractivity contribution in [2.75, 3.05) is 17.7 Å². The molecule has 6 heteroatoms. The Balaban J connectivity index is 2.18. The highest BCUT2D eigenvalue weighted by molar-refractivity contribution is 7.08. The number of hydrogen-bond donors (Lipinski definition) is 2. The van der Waals surface area contributed by atoms with Crippen molar-refractivity contribution in [3.05, 3.63) is 46.2 Å². The molecule has 0 aliphatic carbocycles. The molecule has 2 rings (SSSR count). The first kappa shape index (κ1) is 14.1. The summed E-state index contributed by atoms with van der Waals surface area (Å²) in [5.41, 5.74) is 7.65. The van der Waals surface area contributed by atoms with Crippen LogP contribution < -0.4 is 10.6 Å². The lowest BCUT2D eigenvalue weighted by Gasteiger charge is -2.19. The number of anilines is 2. The maximum Gasteiger partial charge on any atom is 0.335 e. The zero-order valence-corrected chi connectivity index (χ0v) is 11.7. The van der Waals surface area contributed by atoms with Crippen LogP contribution in [0.3, 0.4) is 0 Å². The third-order valence-corrected chi connectivity index (χ3v) is 3.68. The van der Waals surface area contributed by atoms with E-state index in [4.69, 9.17) is 10.8 Å². The molecule has 0 radical (unpaired) electrons. The molecule has 0 spiro atoms. The van der Waals surface area contributed by atoms with E-state index in [2.05, 4.69) is 0 Å². The summed E-state index contributed by atoms with van der Waals surface area (Å²) in [6.45, 7) is 0. The fraction of sp³-hybridized carbons (Fsp3) is 0.143. The van der Waals surface area contributed by atoms with Gasteiger partial charge in [-0.05, 0) is 40.6 Å². The van der Waals surface area contributed by atoms with E-state index in [-0.39, 0.29) is 17.2 Å². The van der Waals surface area contributed by atoms with Crippen molar-refractivity contribution in [3.8, 4) is 0 Å². The van der Waals surface area contributed by atoms with Crippen molar-refractivity contribution in [2.45, 2.75) is 6.42 Å². The topological polar surface area (TPSA) is 83.6 Å². The van der Waals surface area contributed by atoms with E-state index in [0.29, 0.717) is 12.1 Å². The zero-order chi connectivity index (χ0) is 14.7. The maximum atomic E-state index is 12.1. The minimum atomic E-state index is -1.05. The van der Waals surface area contributed by atoms with Gasteiger partial charge in [-0.3, -0.25) is 4.79 Å². The largest absolute Gasteiger partial charge is 0.478 e. The molecule has 0 saturated heterocycles. The Morgan fingerprint density at radius 1 is 1.35 bits per heavy atom. The number of carbonyl (C=O) groups is 2. The number of rotatable bonds is 4. The Labute approximate surface area is 120 Å². The first-order valence-electron chi connectivity index (χ1n) is 5.89. The Kier molecular flexibility index (Phi) is 4.05. The number of aromatic carboxylic acids is 1. The third-order valence-electron chi connectivity index (χ3n) is 2.95. The van der Waals surface area contributed by atoms with Gasteiger partial charge in [-0.25, -0.2) is 4.79 Å². The predicted octanol–water partition coefficient (Wildman–Crippen LogP) is 2.23. The second kappa shape index (κ2) is 5.75. The Hall–Kier alpha value is -2.34. The van der Waals surface area contributed by atoms with Crippen LogP contribution in [0.4, 0.5) is 11.4 Å². The lowest BCUT2D eigenvalue weighted by molar-refractivity contribution is -0.117. The quantitative estimate of drug-likeness (QED) is 0.846. The van der Waals surface area contributed by atoms with Crippen molar-refractivity contribution >= 4 is 34.6 Å². The van der Waals surface area contributed by atoms with Gasteiger partial charge in [0.2, 0.25) is 5.91 Å². The number of benzene rings is 1. The number of nitrogens with zero attached hydrogens (tertiary/aromatic N) is 1. The molecule has 104 valence electrons. The number of hydrogen-bond acceptors (Lipinski definition) is 4. The van der Waals surface area contributed by atoms with Crippen LogP contribution in [0.5, 0.6) is 0 Å². The molecule has 0 saturated carbocycles. The van der Waals surface area contributed by atoms with Crippen LogP contribution in [0, 0.1) is 0 Å². The number of amides is 1. The van der Waals surface area contributed by atoms with Gasteiger partial charge < -0.3 is 15.7 Å². The molecule has 1 amide bonds. The highest BCUT2D eigenvalue weighted by atomic mass is 32.1. The molecule has 20 heavy (non-hydrogen) atoms. The highest BCUT2D eigenvalue weighted by Crippen LogP contribution is 2.24. The van der Waals surface area contributed by atoms with Crippen LogP contribution in [0.25, 0.3) is 0 Å². The van der Waals surface area contributed by atoms with Crippen LogP contribution in [-0.2, 0) is 11.2 Å². The molecule has 2 aromatic rings. The number of carboxylic acid groups (broad SMARTS) is 1. The molecule has 1 heterocycles. The SMILES string of the molecule is CN(C(=O)Cc1ccsc1)c1ccc(C(=O)O)cc1N. The standard InChI is InChI=1S/C14H14N2O3S/c1-16(13(17)6-9-4-5-20-8-9)12-3-2-10(14(18)19)7-11(12)15/h2-5,7-8H,6,15H2,1H3,(H,18,19). The van der Waals surface area contributed by atoms with Crippen LogP contribution in [0.15, 0.2) is 35.0 Å². The van der Waals surface area contributed by atoms with Gasteiger partial charge >= 0.3 is 5.97 Å². The van der Waals surface area contributed by atoms with Gasteiger partial charge in [0.1, 0.15) is 0 Å². The van der Waals surface area contributed by atoms with Crippen molar-refractivity contribution < 1.29 is 14.7 Å². The van der Waals surface area contributed by atoms with Gasteiger partial charge in [0.25, 0.3) is 0 Å². The number of likely N-dealkylation sites (N-methyl/N-ethyl adjacent to an activating group) is 1. The van der Waals surface area contributed by atoms with E-state index < -0.39 is 5.97 Å². The Morgan fingerprint density at radius 3 is 2.65 bits per heavy atom. The first-order chi connectivity index (χ1) is 9.49. The maximum absolute atomic E-state index is 12.1. The van der Waals surface area contributed by atoms with Gasteiger partial charge in [-0.15, -0.1) is 0 Å². The van der Waals surface area contributed by atoms with E-state index in [0.717, 1.165) is 5.56 Å². The lowest BCUT2D eigenvalue weighted by atomic mass is 10.1. The lowest BCUT2D eigenvalue weighted by Crippen LogP contribution is -2.28. The number of thiophene rings is 1. The molecular formula is C14H14N2O3S. The van der Waals surface area contributed by atoms with Gasteiger partial charge in [0.15, 0.2) is 0 Å². The summed E-state index contributed by atoms with van der Waals surface area (Å²) >= 11 is 1.54. The van der Waals surface area contributed by atoms with Crippen LogP contribution >= 0.6 is 11.3 Å². The van der Waals surface area contributed by atoms with Crippen LogP contribution in [0.2, 0.25) is 0 Å². The second-order valence-corrected chi connectivity index (χ2v) is 5.12. The Bertz CT molecular complexity index is 638. The molecule has 3 N–H and O–H groups in total. The summed E-state index contributed by atoms with van der Waals surface area (Å²) in [5, 5.41) is 12.7. The van der Waals surface area contributed by atoms with Gasteiger partial charge in [0, 0.05) is 7.05 Å². The highest BCUT2D eigenvalue weighted by Gasteiger charge is 2.15. The van der Waals surface area contributed by atoms with Crippen molar-refractivity contribution in [1.82, 2.24) is 0 Å². The summed E-state index contributed by atoms with van der Waals surface area (Å²) in [5.74, 6) is -1.14. The predicted molar refractivity (Wildman–Crippen MR) is 79.2 cm³/mol. The normalized spacial score (nSPS) is 10.2. The molecule has 0 fully saturated rings. The molecule has 0 aliphatic heterocycles. The molecule has 0 unspecified atom stereocenters. The summed E-state index contributed by atoms with van der Waals surface area (Å²) in [7, 11) is 1.63. The van der Waals surface area contributed by atoms with Crippen LogP contribution in [-0.4, -0.2) is 24.0 Å². The van der Waals surface area contributed by atoms with Gasteiger partial charge in [0.05, 0.1) is 23.4 Å². The molecule has 1 aromatic heterocycles. The van der Waals surface area contributed by atoms with Crippen LogP contribution in [0.1, 0.15) is 15.9 Å². The van der Waals surface area contributed by atoms with Crippen molar-refractivity contribution in [3.63, 3.8) is 0 Å². The molecular weight excluding hydrogens is 276 g/mol. The van der Waals surface area contributed by atoms with E-state index in [1.54, 1.807) is 13.1 Å². The number of carboxylic acids is 1. The second-order valence-electron chi connectivity index (χ2n) is 4.34. The minimum Gasteiger partial charge on any atom is -0.478 e. The number of carbonyl (C=O) groups excluding carboxylic acids is 1. The van der Waals surface area contributed by atoms with E-state index in [1.165, 1.54) is 28.4 Å². The third kappa shape index (κ3) is 2.97. The summed E-state index contributed by atoms with van der Waals surface area (Å²) in [6.07, 6.45) is 0.292. The van der Waals surface area contributed by atoms with E-state index in [1.807, 2.05) is 16.8 Å². The number of nitrogen functional groups attached to an aromatic ring is 1. The van der Waals surface area contributed by atoms with Gasteiger partial charge in [-0.1, -0.05) is 0 Å². The average molecular weight is 290 g/mol. The monoisotopic (exact) mass is 290 g/mol. The van der Waals surface area contributed by atoms with E-state index in [9.17, 15) is 9.59 Å². The molecule has 0 bridgehead atoms. The summed E-state index contributed by atoms with van der Waals surface area (Å²) in [4.78, 5) is 24.4. The summed E-state index contributed by atoms with van der Waals surface area (Å²) in [6, 6.07) is 6.23. The molecule has 5 nitrogen and oxygen atoms in total. The first-order valence-corrected chi connectivity index (χ1v) is 6.83. The van der Waals surface area contributed by atoms with E-state index >= 15 is 0 Å². The van der Waals surface area contributed by atoms with Gasteiger partial charge in [-0.2, -0.15) is 11.3 Å². The average Bonchev–Trinajstić information content (AvgIpc) is 2.90. The molecule has 1 aromatic carbocycles. The smallest absolute Gasteiger partial charge is 0.335 e. The molecule has 0 atom stereocenters. The number of nitrogens with two attached hydrogens (primary N) is 1. The Morgan fingerprint density at radius 2 is 2.10 bits per heavy atom. The summed E-state index contributed by atoms with van der Waals surface area (Å²) < 4.78 is 0. The minimum absolute atomic E-state index is 0.0989. The fourth-order valence-electron chi connectivity index (χ4n) is 1.81. The van der Waals surface area contributed by atoms with Crippen molar-refractivity contribution in [2.24, 2.45) is 0 Å². The zero-order valence-electron chi connectivity index (χ0n) is 10.9. The molecule has 0 aliphatic rings. The van der Waals surface area contributed by atoms with Crippen molar-refractivity contribution in [1.29, 1.82) is 0 Å².